The second kappa shape index (κ2) is 7.26. The highest BCUT2D eigenvalue weighted by atomic mass is 35.5. The lowest BCUT2D eigenvalue weighted by Gasteiger charge is -2.15. The number of rotatable bonds is 4. The molecule has 3 N–H and O–H groups in total. The summed E-state index contributed by atoms with van der Waals surface area (Å²) in [4.78, 5) is 16.1. The van der Waals surface area contributed by atoms with Gasteiger partial charge in [0.15, 0.2) is 0 Å². The lowest BCUT2D eigenvalue weighted by Crippen LogP contribution is -2.37. The van der Waals surface area contributed by atoms with E-state index < -0.39 is 0 Å². The third kappa shape index (κ3) is 3.33. The molecule has 2 aromatic carbocycles. The number of hydrogen-bond acceptors (Lipinski definition) is 2. The van der Waals surface area contributed by atoms with Crippen molar-refractivity contribution in [2.24, 2.45) is 0 Å². The maximum atomic E-state index is 12.9. The predicted molar refractivity (Wildman–Crippen MR) is 106 cm³/mol. The van der Waals surface area contributed by atoms with Crippen LogP contribution in [0.4, 0.5) is 0 Å². The van der Waals surface area contributed by atoms with Gasteiger partial charge in [-0.05, 0) is 49.4 Å². The number of nitrogens with one attached hydrogen (secondary N) is 3. The molecule has 0 radical (unpaired) electrons. The summed E-state index contributed by atoms with van der Waals surface area (Å²) in [6.45, 7) is 0. The van der Waals surface area contributed by atoms with E-state index in [2.05, 4.69) is 21.9 Å². The third-order valence-electron chi connectivity index (χ3n) is 4.68. The molecule has 4 nitrogen and oxygen atoms in total. The fourth-order valence-electron chi connectivity index (χ4n) is 3.39. The summed E-state index contributed by atoms with van der Waals surface area (Å²) in [6.07, 6.45) is 6.52. The molecule has 1 aromatic heterocycles. The van der Waals surface area contributed by atoms with Gasteiger partial charge in [0.1, 0.15) is 5.69 Å². The zero-order chi connectivity index (χ0) is 17.9. The summed E-state index contributed by atoms with van der Waals surface area (Å²) in [7, 11) is 0. The minimum absolute atomic E-state index is 0.192. The molecule has 5 heteroatoms. The summed E-state index contributed by atoms with van der Waals surface area (Å²) in [5, 5.41) is 1.58. The van der Waals surface area contributed by atoms with E-state index >= 15 is 0 Å². The topological polar surface area (TPSA) is 56.9 Å². The first-order valence-electron chi connectivity index (χ1n) is 8.84. The van der Waals surface area contributed by atoms with Gasteiger partial charge in [-0.3, -0.25) is 10.2 Å². The Morgan fingerprint density at radius 2 is 1.92 bits per heavy atom. The van der Waals surface area contributed by atoms with Gasteiger partial charge in [0.2, 0.25) is 0 Å². The van der Waals surface area contributed by atoms with Crippen molar-refractivity contribution in [1.29, 1.82) is 0 Å². The Morgan fingerprint density at radius 3 is 2.69 bits per heavy atom. The van der Waals surface area contributed by atoms with E-state index in [4.69, 9.17) is 11.6 Å². The molecule has 1 heterocycles. The molecule has 0 spiro atoms. The summed E-state index contributed by atoms with van der Waals surface area (Å²) in [6, 6.07) is 15.5. The van der Waals surface area contributed by atoms with Crippen molar-refractivity contribution < 1.29 is 4.79 Å². The highest BCUT2D eigenvalue weighted by Gasteiger charge is 2.19. The highest BCUT2D eigenvalue weighted by Crippen LogP contribution is 2.34. The molecule has 3 aromatic rings. The van der Waals surface area contributed by atoms with Gasteiger partial charge in [-0.1, -0.05) is 48.0 Å². The van der Waals surface area contributed by atoms with Crippen molar-refractivity contribution in [3.8, 4) is 11.1 Å². The van der Waals surface area contributed by atoms with E-state index in [9.17, 15) is 4.79 Å². The molecule has 1 amide bonds. The van der Waals surface area contributed by atoms with Crippen LogP contribution >= 0.6 is 11.6 Å². The predicted octanol–water partition coefficient (Wildman–Crippen LogP) is 5.18. The number of fused-ring (bicyclic) bond motifs is 1. The van der Waals surface area contributed by atoms with Crippen molar-refractivity contribution in [2.75, 3.05) is 0 Å². The molecule has 132 valence electrons. The molecule has 4 rings (SSSR count). The zero-order valence-electron chi connectivity index (χ0n) is 14.3. The average Bonchev–Trinajstić information content (AvgIpc) is 3.06. The van der Waals surface area contributed by atoms with Gasteiger partial charge in [0.05, 0.1) is 0 Å². The SMILES string of the molecule is O=C(NNC1=CCCCC1)c1[nH]c2ccc(Cl)cc2c1-c1ccccc1. The first kappa shape index (κ1) is 16.7. The third-order valence-corrected chi connectivity index (χ3v) is 4.91. The fraction of sp³-hybridized carbons (Fsp3) is 0.190. The number of amides is 1. The maximum Gasteiger partial charge on any atom is 0.286 e. The van der Waals surface area contributed by atoms with Crippen LogP contribution in [-0.2, 0) is 0 Å². The van der Waals surface area contributed by atoms with Crippen LogP contribution in [0.1, 0.15) is 36.2 Å². The second-order valence-electron chi connectivity index (χ2n) is 6.49. The van der Waals surface area contributed by atoms with Crippen LogP contribution in [0, 0.1) is 0 Å². The molecule has 0 saturated heterocycles. The van der Waals surface area contributed by atoms with Crippen LogP contribution < -0.4 is 10.9 Å². The maximum absolute atomic E-state index is 12.9. The van der Waals surface area contributed by atoms with Crippen molar-refractivity contribution in [1.82, 2.24) is 15.8 Å². The number of halogens is 1. The van der Waals surface area contributed by atoms with E-state index in [-0.39, 0.29) is 5.91 Å². The lowest BCUT2D eigenvalue weighted by molar-refractivity contribution is 0.0934. The molecule has 0 aliphatic heterocycles. The van der Waals surface area contributed by atoms with Gasteiger partial charge in [-0.2, -0.15) is 0 Å². The quantitative estimate of drug-likeness (QED) is 0.558. The van der Waals surface area contributed by atoms with Gasteiger partial charge in [-0.25, -0.2) is 0 Å². The van der Waals surface area contributed by atoms with Crippen LogP contribution in [-0.4, -0.2) is 10.9 Å². The Balaban J connectivity index is 1.71. The van der Waals surface area contributed by atoms with Gasteiger partial charge < -0.3 is 10.4 Å². The number of H-pyrrole nitrogens is 1. The van der Waals surface area contributed by atoms with Crippen molar-refractivity contribution in [2.45, 2.75) is 25.7 Å². The largest absolute Gasteiger partial charge is 0.350 e. The number of aromatic nitrogens is 1. The minimum Gasteiger partial charge on any atom is -0.350 e. The first-order chi connectivity index (χ1) is 12.7. The van der Waals surface area contributed by atoms with Crippen LogP contribution in [0.15, 0.2) is 60.3 Å². The Labute approximate surface area is 157 Å². The van der Waals surface area contributed by atoms with Crippen LogP contribution in [0.5, 0.6) is 0 Å². The molecule has 1 aliphatic carbocycles. The minimum atomic E-state index is -0.192. The molecule has 1 aliphatic rings. The number of hydrogen-bond donors (Lipinski definition) is 3. The summed E-state index contributed by atoms with van der Waals surface area (Å²) in [5.74, 6) is -0.192. The van der Waals surface area contributed by atoms with Gasteiger partial charge in [0, 0.05) is 27.2 Å². The van der Waals surface area contributed by atoms with Gasteiger partial charge >= 0.3 is 0 Å². The summed E-state index contributed by atoms with van der Waals surface area (Å²) < 4.78 is 0. The second-order valence-corrected chi connectivity index (χ2v) is 6.92. The van der Waals surface area contributed by atoms with Crippen LogP contribution in [0.3, 0.4) is 0 Å². The smallest absolute Gasteiger partial charge is 0.286 e. The number of aromatic amines is 1. The molecule has 0 atom stereocenters. The Bertz CT molecular complexity index is 976. The molecular weight excluding hydrogens is 346 g/mol. The standard InChI is InChI=1S/C21H20ClN3O/c22-15-11-12-18-17(13-15)19(14-7-3-1-4-8-14)20(23-18)21(26)25-24-16-9-5-2-6-10-16/h1,3-4,7-9,11-13,23-24H,2,5-6,10H2,(H,25,26). The molecular formula is C21H20ClN3O. The van der Waals surface area contributed by atoms with Crippen LogP contribution in [0.25, 0.3) is 22.0 Å². The molecule has 26 heavy (non-hydrogen) atoms. The number of hydrazine groups is 1. The average molecular weight is 366 g/mol. The Kier molecular flexibility index (Phi) is 4.67. The Morgan fingerprint density at radius 1 is 1.08 bits per heavy atom. The van der Waals surface area contributed by atoms with Gasteiger partial charge in [-0.15, -0.1) is 0 Å². The zero-order valence-corrected chi connectivity index (χ0v) is 15.1. The van der Waals surface area contributed by atoms with Gasteiger partial charge in [0.25, 0.3) is 5.91 Å². The first-order valence-corrected chi connectivity index (χ1v) is 9.22. The number of carbonyl (C=O) groups excluding carboxylic acids is 1. The normalized spacial score (nSPS) is 14.1. The van der Waals surface area contributed by atoms with E-state index in [1.54, 1.807) is 0 Å². The summed E-state index contributed by atoms with van der Waals surface area (Å²) >= 11 is 6.20. The van der Waals surface area contributed by atoms with Crippen molar-refractivity contribution >= 4 is 28.4 Å². The number of benzene rings is 2. The van der Waals surface area contributed by atoms with Crippen molar-refractivity contribution in [3.63, 3.8) is 0 Å². The lowest BCUT2D eigenvalue weighted by atomic mass is 10.0. The van der Waals surface area contributed by atoms with E-state index in [1.807, 2.05) is 48.5 Å². The molecule has 0 bridgehead atoms. The molecule has 0 unspecified atom stereocenters. The van der Waals surface area contributed by atoms with Crippen molar-refractivity contribution in [3.05, 3.63) is 71.0 Å². The number of carbonyl (C=O) groups is 1. The number of allylic oxidation sites excluding steroid dienone is 2. The molecule has 0 fully saturated rings. The fourth-order valence-corrected chi connectivity index (χ4v) is 3.56. The van der Waals surface area contributed by atoms with E-state index in [0.717, 1.165) is 47.0 Å². The van der Waals surface area contributed by atoms with E-state index in [1.165, 1.54) is 6.42 Å². The van der Waals surface area contributed by atoms with E-state index in [0.29, 0.717) is 10.7 Å². The monoisotopic (exact) mass is 365 g/mol. The highest BCUT2D eigenvalue weighted by molar-refractivity contribution is 6.31. The van der Waals surface area contributed by atoms with Crippen LogP contribution in [0.2, 0.25) is 5.02 Å². The summed E-state index contributed by atoms with van der Waals surface area (Å²) in [5.41, 5.74) is 10.2. The molecule has 0 saturated carbocycles. The Hall–Kier alpha value is -2.72.